The van der Waals surface area contributed by atoms with E-state index in [1.54, 1.807) is 0 Å². The quantitative estimate of drug-likeness (QED) is 0.667. The van der Waals surface area contributed by atoms with E-state index in [4.69, 9.17) is 0 Å². The fourth-order valence-corrected chi connectivity index (χ4v) is 1.53. The Morgan fingerprint density at radius 3 is 3.08 bits per heavy atom. The molecule has 4 heteroatoms. The molecular weight excluding hydrogens is 166 g/mol. The van der Waals surface area contributed by atoms with Gasteiger partial charge in [-0.15, -0.1) is 4.91 Å². The number of nitrogens with one attached hydrogen (secondary N) is 1. The van der Waals surface area contributed by atoms with Crippen LogP contribution < -0.4 is 10.3 Å². The Kier molecular flexibility index (Phi) is 1.88. The molecule has 0 radical (unpaired) electrons. The lowest BCUT2D eigenvalue weighted by Crippen LogP contribution is -2.38. The van der Waals surface area contributed by atoms with Crippen molar-refractivity contribution in [2.24, 2.45) is 5.29 Å². The van der Waals surface area contributed by atoms with Crippen molar-refractivity contribution in [2.75, 3.05) is 16.9 Å². The van der Waals surface area contributed by atoms with Gasteiger partial charge in [0.15, 0.2) is 0 Å². The first-order valence-electron chi connectivity index (χ1n) is 4.28. The lowest BCUT2D eigenvalue weighted by molar-refractivity contribution is 0.662. The van der Waals surface area contributed by atoms with Crippen molar-refractivity contribution >= 4 is 11.4 Å². The van der Waals surface area contributed by atoms with Gasteiger partial charge >= 0.3 is 0 Å². The average molecular weight is 177 g/mol. The maximum atomic E-state index is 10.6. The summed E-state index contributed by atoms with van der Waals surface area (Å²) in [6, 6.07) is 7.78. The molecular formula is C9H11N3O. The summed E-state index contributed by atoms with van der Waals surface area (Å²) in [5, 5.41) is 7.76. The number of nitrogens with zero attached hydrogens (tertiary/aromatic N) is 2. The van der Waals surface area contributed by atoms with Crippen molar-refractivity contribution in [2.45, 2.75) is 13.0 Å². The highest BCUT2D eigenvalue weighted by Crippen LogP contribution is 2.30. The van der Waals surface area contributed by atoms with Crippen LogP contribution in [0.2, 0.25) is 0 Å². The number of anilines is 2. The second-order valence-electron chi connectivity index (χ2n) is 3.17. The molecule has 0 aliphatic carbocycles. The Bertz CT molecular complexity index is 326. The molecule has 13 heavy (non-hydrogen) atoms. The molecule has 4 nitrogen and oxygen atoms in total. The summed E-state index contributed by atoms with van der Waals surface area (Å²) in [5.41, 5.74) is 1.83. The highest BCUT2D eigenvalue weighted by atomic mass is 16.3. The number of fused-ring (bicyclic) bond motifs is 1. The smallest absolute Gasteiger partial charge is 0.0861 e. The van der Waals surface area contributed by atoms with E-state index in [1.807, 2.05) is 31.2 Å². The number of para-hydroxylation sites is 2. The van der Waals surface area contributed by atoms with Crippen molar-refractivity contribution in [1.29, 1.82) is 0 Å². The van der Waals surface area contributed by atoms with E-state index in [1.165, 1.54) is 5.01 Å². The predicted molar refractivity (Wildman–Crippen MR) is 52.7 cm³/mol. The third kappa shape index (κ3) is 1.24. The summed E-state index contributed by atoms with van der Waals surface area (Å²) in [6.07, 6.45) is 0. The first-order chi connectivity index (χ1) is 6.33. The molecule has 1 unspecified atom stereocenters. The van der Waals surface area contributed by atoms with E-state index in [0.717, 1.165) is 17.9 Å². The summed E-state index contributed by atoms with van der Waals surface area (Å²) < 4.78 is 0. The van der Waals surface area contributed by atoms with Crippen molar-refractivity contribution in [3.63, 3.8) is 0 Å². The van der Waals surface area contributed by atoms with Crippen LogP contribution in [0.3, 0.4) is 0 Å². The van der Waals surface area contributed by atoms with Gasteiger partial charge in [0.2, 0.25) is 0 Å². The molecule has 1 aliphatic rings. The standard InChI is InChI=1S/C9H11N3O/c1-7-6-10-8-4-2-3-5-9(8)12(7)11-13/h2-5,7,10H,6H2,1H3. The highest BCUT2D eigenvalue weighted by Gasteiger charge is 2.22. The Morgan fingerprint density at radius 2 is 2.31 bits per heavy atom. The number of nitroso groups, excluding NO2 is 1. The molecule has 1 aromatic carbocycles. The van der Waals surface area contributed by atoms with Crippen LogP contribution >= 0.6 is 0 Å². The zero-order chi connectivity index (χ0) is 9.26. The summed E-state index contributed by atoms with van der Waals surface area (Å²) in [4.78, 5) is 10.6. The summed E-state index contributed by atoms with van der Waals surface area (Å²) >= 11 is 0. The van der Waals surface area contributed by atoms with E-state index in [2.05, 4.69) is 10.6 Å². The van der Waals surface area contributed by atoms with Crippen molar-refractivity contribution in [1.82, 2.24) is 0 Å². The van der Waals surface area contributed by atoms with Gasteiger partial charge in [-0.3, -0.25) is 0 Å². The second-order valence-corrected chi connectivity index (χ2v) is 3.17. The van der Waals surface area contributed by atoms with Gasteiger partial charge in [0.25, 0.3) is 0 Å². The zero-order valence-electron chi connectivity index (χ0n) is 7.40. The van der Waals surface area contributed by atoms with Gasteiger partial charge < -0.3 is 5.32 Å². The first kappa shape index (κ1) is 8.04. The van der Waals surface area contributed by atoms with Crippen LogP contribution in [0.25, 0.3) is 0 Å². The zero-order valence-corrected chi connectivity index (χ0v) is 7.40. The van der Waals surface area contributed by atoms with Gasteiger partial charge in [0.05, 0.1) is 22.7 Å². The van der Waals surface area contributed by atoms with Gasteiger partial charge in [-0.1, -0.05) is 12.1 Å². The van der Waals surface area contributed by atoms with Crippen LogP contribution in [-0.2, 0) is 0 Å². The number of rotatable bonds is 1. The normalized spacial score (nSPS) is 20.4. The molecule has 68 valence electrons. The number of hydrogen-bond acceptors (Lipinski definition) is 3. The Labute approximate surface area is 76.5 Å². The SMILES string of the molecule is CC1CNc2ccccc2N1N=O. The molecule has 0 amide bonds. The van der Waals surface area contributed by atoms with Gasteiger partial charge in [0.1, 0.15) is 0 Å². The van der Waals surface area contributed by atoms with Crippen molar-refractivity contribution in [3.05, 3.63) is 29.2 Å². The van der Waals surface area contributed by atoms with Crippen LogP contribution in [-0.4, -0.2) is 12.6 Å². The van der Waals surface area contributed by atoms with Gasteiger partial charge in [0, 0.05) is 6.54 Å². The summed E-state index contributed by atoms with van der Waals surface area (Å²) in [6.45, 7) is 2.72. The minimum Gasteiger partial charge on any atom is -0.381 e. The molecule has 1 heterocycles. The molecule has 0 spiro atoms. The molecule has 0 saturated heterocycles. The number of hydrogen-bond donors (Lipinski definition) is 1. The highest BCUT2D eigenvalue weighted by molar-refractivity contribution is 5.72. The first-order valence-corrected chi connectivity index (χ1v) is 4.28. The maximum Gasteiger partial charge on any atom is 0.0861 e. The van der Waals surface area contributed by atoms with Crippen molar-refractivity contribution in [3.8, 4) is 0 Å². The van der Waals surface area contributed by atoms with Gasteiger partial charge in [-0.25, -0.2) is 5.01 Å². The van der Waals surface area contributed by atoms with Gasteiger partial charge in [-0.05, 0) is 19.1 Å². The van der Waals surface area contributed by atoms with Gasteiger partial charge in [-0.2, -0.15) is 0 Å². The third-order valence-corrected chi connectivity index (χ3v) is 2.24. The fourth-order valence-electron chi connectivity index (χ4n) is 1.53. The predicted octanol–water partition coefficient (Wildman–Crippen LogP) is 1.99. The van der Waals surface area contributed by atoms with Crippen LogP contribution in [0.4, 0.5) is 11.4 Å². The lowest BCUT2D eigenvalue weighted by Gasteiger charge is -2.30. The lowest BCUT2D eigenvalue weighted by atomic mass is 10.1. The summed E-state index contributed by atoms with van der Waals surface area (Å²) in [7, 11) is 0. The minimum atomic E-state index is 0.118. The number of benzene rings is 1. The molecule has 1 N–H and O–H groups in total. The largest absolute Gasteiger partial charge is 0.381 e. The van der Waals surface area contributed by atoms with Crippen LogP contribution in [0.1, 0.15) is 6.92 Å². The summed E-state index contributed by atoms with van der Waals surface area (Å²) in [5.74, 6) is 0. The van der Waals surface area contributed by atoms with Crippen LogP contribution in [0.15, 0.2) is 29.6 Å². The second kappa shape index (κ2) is 3.05. The van der Waals surface area contributed by atoms with Crippen LogP contribution in [0, 0.1) is 4.91 Å². The van der Waals surface area contributed by atoms with Crippen molar-refractivity contribution < 1.29 is 0 Å². The molecule has 1 aliphatic heterocycles. The minimum absolute atomic E-state index is 0.118. The topological polar surface area (TPSA) is 44.7 Å². The average Bonchev–Trinajstić information content (AvgIpc) is 2.18. The Balaban J connectivity index is 2.45. The molecule has 0 bridgehead atoms. The molecule has 0 saturated carbocycles. The van der Waals surface area contributed by atoms with E-state index < -0.39 is 0 Å². The molecule has 1 aromatic rings. The maximum absolute atomic E-state index is 10.6. The fraction of sp³-hybridized carbons (Fsp3) is 0.333. The third-order valence-electron chi connectivity index (χ3n) is 2.24. The van der Waals surface area contributed by atoms with E-state index in [9.17, 15) is 4.91 Å². The monoisotopic (exact) mass is 177 g/mol. The molecule has 1 atom stereocenters. The van der Waals surface area contributed by atoms with Crippen LogP contribution in [0.5, 0.6) is 0 Å². The van der Waals surface area contributed by atoms with E-state index in [-0.39, 0.29) is 6.04 Å². The molecule has 0 fully saturated rings. The molecule has 0 aromatic heterocycles. The Hall–Kier alpha value is -1.58. The molecule has 2 rings (SSSR count). The van der Waals surface area contributed by atoms with E-state index >= 15 is 0 Å². The Morgan fingerprint density at radius 1 is 1.54 bits per heavy atom. The van der Waals surface area contributed by atoms with E-state index in [0.29, 0.717) is 0 Å².